The molecule has 1 saturated carbocycles. The van der Waals surface area contributed by atoms with Gasteiger partial charge in [0.1, 0.15) is 5.82 Å². The van der Waals surface area contributed by atoms with E-state index in [1.165, 1.54) is 12.3 Å². The Morgan fingerprint density at radius 3 is 2.53 bits per heavy atom. The van der Waals surface area contributed by atoms with E-state index in [9.17, 15) is 23.5 Å². The molecule has 13 heteroatoms. The van der Waals surface area contributed by atoms with Gasteiger partial charge in [-0.1, -0.05) is 6.92 Å². The first-order valence-electron chi connectivity index (χ1n) is 11.8. The quantitative estimate of drug-likeness (QED) is 0.328. The normalized spacial score (nSPS) is 17.2. The average Bonchev–Trinajstić information content (AvgIpc) is 3.68. The van der Waals surface area contributed by atoms with Gasteiger partial charge in [0.2, 0.25) is 0 Å². The van der Waals surface area contributed by atoms with E-state index in [0.717, 1.165) is 18.9 Å². The van der Waals surface area contributed by atoms with Gasteiger partial charge in [-0.25, -0.2) is 23.5 Å². The van der Waals surface area contributed by atoms with Crippen LogP contribution in [0.1, 0.15) is 36.5 Å². The Labute approximate surface area is 206 Å². The Morgan fingerprint density at radius 2 is 1.94 bits per heavy atom. The van der Waals surface area contributed by atoms with Crippen molar-refractivity contribution in [1.29, 1.82) is 0 Å². The largest absolute Gasteiger partial charge is 0.465 e. The first-order chi connectivity index (χ1) is 17.3. The summed E-state index contributed by atoms with van der Waals surface area (Å²) in [5.74, 6) is -2.27. The van der Waals surface area contributed by atoms with Crippen molar-refractivity contribution in [2.75, 3.05) is 41.8 Å². The lowest BCUT2D eigenvalue weighted by Gasteiger charge is -2.28. The number of carbonyl (C=O) groups is 2. The fourth-order valence-electron chi connectivity index (χ4n) is 4.28. The van der Waals surface area contributed by atoms with Crippen molar-refractivity contribution >= 4 is 35.1 Å². The second-order valence-corrected chi connectivity index (χ2v) is 8.80. The van der Waals surface area contributed by atoms with Gasteiger partial charge in [0, 0.05) is 19.2 Å². The molecule has 1 aliphatic heterocycles. The van der Waals surface area contributed by atoms with Crippen LogP contribution in [0, 0.1) is 17.6 Å². The van der Waals surface area contributed by atoms with Gasteiger partial charge in [0.15, 0.2) is 23.3 Å². The summed E-state index contributed by atoms with van der Waals surface area (Å²) in [6.45, 7) is 3.79. The minimum atomic E-state index is -1.18. The molecule has 1 aliphatic carbocycles. The van der Waals surface area contributed by atoms with E-state index in [1.807, 2.05) is 6.92 Å². The van der Waals surface area contributed by atoms with Gasteiger partial charge < -0.3 is 36.4 Å². The van der Waals surface area contributed by atoms with E-state index < -0.39 is 35.7 Å². The maximum atomic E-state index is 14.9. The van der Waals surface area contributed by atoms with Crippen molar-refractivity contribution in [2.24, 2.45) is 11.7 Å². The first kappa shape index (κ1) is 25.4. The minimum absolute atomic E-state index is 0.0829. The number of hydrogen-bond acceptors (Lipinski definition) is 8. The van der Waals surface area contributed by atoms with Crippen molar-refractivity contribution in [2.45, 2.75) is 38.3 Å². The smallest absolute Gasteiger partial charge is 0.404 e. The van der Waals surface area contributed by atoms with Crippen LogP contribution in [-0.4, -0.2) is 65.5 Å². The number of carboxylic acid groups (broad SMARTS) is 1. The fraction of sp³-hybridized carbons (Fsp3) is 0.478. The Morgan fingerprint density at radius 1 is 1.22 bits per heavy atom. The summed E-state index contributed by atoms with van der Waals surface area (Å²) in [6, 6.07) is 1.26. The van der Waals surface area contributed by atoms with E-state index in [1.54, 1.807) is 4.90 Å². The number of nitrogens with one attached hydrogen (secondary N) is 3. The number of hydrogen-bond donors (Lipinski definition) is 5. The highest BCUT2D eigenvalue weighted by molar-refractivity contribution is 5.98. The Bertz CT molecular complexity index is 1130. The number of carbonyl (C=O) groups excluding carboxylic acids is 1. The Kier molecular flexibility index (Phi) is 7.67. The lowest BCUT2D eigenvalue weighted by atomic mass is 10.0. The fourth-order valence-corrected chi connectivity index (χ4v) is 4.28. The molecule has 6 N–H and O–H groups in total. The van der Waals surface area contributed by atoms with Gasteiger partial charge in [0.05, 0.1) is 42.7 Å². The number of morpholine rings is 1. The summed E-state index contributed by atoms with van der Waals surface area (Å²) in [5, 5.41) is 17.5. The topological polar surface area (TPSA) is 155 Å². The molecule has 0 unspecified atom stereocenters. The third-order valence-corrected chi connectivity index (χ3v) is 6.25. The van der Waals surface area contributed by atoms with Gasteiger partial charge in [-0.3, -0.25) is 4.79 Å². The molecule has 194 valence electrons. The monoisotopic (exact) mass is 505 g/mol. The molecule has 3 heterocycles. The predicted octanol–water partition coefficient (Wildman–Crippen LogP) is 2.67. The molecular formula is C23H29F2N7O4. The van der Waals surface area contributed by atoms with Crippen LogP contribution < -0.4 is 26.6 Å². The van der Waals surface area contributed by atoms with Crippen LogP contribution in [0.4, 0.5) is 36.7 Å². The summed E-state index contributed by atoms with van der Waals surface area (Å²) < 4.78 is 35.0. The second kappa shape index (κ2) is 10.9. The number of amides is 2. The van der Waals surface area contributed by atoms with Gasteiger partial charge in [-0.15, -0.1) is 0 Å². The molecule has 2 atom stereocenters. The number of rotatable bonds is 10. The van der Waals surface area contributed by atoms with Gasteiger partial charge in [0.25, 0.3) is 5.91 Å². The summed E-state index contributed by atoms with van der Waals surface area (Å²) >= 11 is 0. The van der Waals surface area contributed by atoms with Crippen molar-refractivity contribution in [1.82, 2.24) is 15.3 Å². The highest BCUT2D eigenvalue weighted by Crippen LogP contribution is 2.37. The summed E-state index contributed by atoms with van der Waals surface area (Å²) in [5.41, 5.74) is 5.40. The van der Waals surface area contributed by atoms with Crippen LogP contribution in [0.25, 0.3) is 0 Å². The van der Waals surface area contributed by atoms with Gasteiger partial charge in [-0.05, 0) is 31.2 Å². The zero-order chi connectivity index (χ0) is 25.8. The highest BCUT2D eigenvalue weighted by Gasteiger charge is 2.37. The molecule has 2 aromatic rings. The predicted molar refractivity (Wildman–Crippen MR) is 129 cm³/mol. The van der Waals surface area contributed by atoms with Crippen molar-refractivity contribution in [3.05, 3.63) is 35.5 Å². The van der Waals surface area contributed by atoms with E-state index >= 15 is 0 Å². The third-order valence-electron chi connectivity index (χ3n) is 6.25. The number of ether oxygens (including phenoxy) is 1. The molecule has 4 rings (SSSR count). The molecular weight excluding hydrogens is 476 g/mol. The van der Waals surface area contributed by atoms with E-state index in [2.05, 4.69) is 25.9 Å². The molecule has 11 nitrogen and oxygen atoms in total. The minimum Gasteiger partial charge on any atom is -0.465 e. The number of nitrogens with two attached hydrogens (primary N) is 1. The van der Waals surface area contributed by atoms with Crippen LogP contribution in [0.3, 0.4) is 0 Å². The zero-order valence-corrected chi connectivity index (χ0v) is 19.8. The molecule has 0 radical (unpaired) electrons. The Hall–Kier alpha value is -3.74. The maximum absolute atomic E-state index is 14.9. The molecule has 2 fully saturated rings. The van der Waals surface area contributed by atoms with Crippen molar-refractivity contribution < 1.29 is 28.2 Å². The average molecular weight is 506 g/mol. The lowest BCUT2D eigenvalue weighted by Crippen LogP contribution is -2.47. The molecule has 1 saturated heterocycles. The SMILES string of the molecule is CC[C@H](NC(=O)O)[C@@H](Nc1nc(Nc2cnc(N3CCOCC3)c(F)c2)c(C(N)=O)cc1F)C1CC1. The number of nitrogens with zero attached hydrogens (tertiary/aromatic N) is 3. The van der Waals surface area contributed by atoms with Crippen molar-refractivity contribution in [3.8, 4) is 0 Å². The Balaban J connectivity index is 1.60. The van der Waals surface area contributed by atoms with Crippen molar-refractivity contribution in [3.63, 3.8) is 0 Å². The number of halogens is 2. The number of aromatic nitrogens is 2. The van der Waals surface area contributed by atoms with E-state index in [4.69, 9.17) is 10.5 Å². The van der Waals surface area contributed by atoms with Gasteiger partial charge >= 0.3 is 6.09 Å². The molecule has 0 aromatic carbocycles. The van der Waals surface area contributed by atoms with Crippen LogP contribution in [0.2, 0.25) is 0 Å². The van der Waals surface area contributed by atoms with Gasteiger partial charge in [-0.2, -0.15) is 0 Å². The summed E-state index contributed by atoms with van der Waals surface area (Å²) in [4.78, 5) is 33.4. The number of primary amides is 1. The second-order valence-electron chi connectivity index (χ2n) is 8.80. The summed E-state index contributed by atoms with van der Waals surface area (Å²) in [6.07, 6.45) is 2.41. The molecule has 0 spiro atoms. The first-order valence-corrected chi connectivity index (χ1v) is 11.8. The summed E-state index contributed by atoms with van der Waals surface area (Å²) in [7, 11) is 0. The number of pyridine rings is 2. The van der Waals surface area contributed by atoms with E-state index in [-0.39, 0.29) is 34.6 Å². The highest BCUT2D eigenvalue weighted by atomic mass is 19.1. The van der Waals surface area contributed by atoms with E-state index in [0.29, 0.717) is 32.7 Å². The maximum Gasteiger partial charge on any atom is 0.404 e. The van der Waals surface area contributed by atoms with Crippen LogP contribution in [0.5, 0.6) is 0 Å². The van der Waals surface area contributed by atoms with Crippen LogP contribution in [0.15, 0.2) is 18.3 Å². The third kappa shape index (κ3) is 5.90. The molecule has 2 aromatic heterocycles. The lowest BCUT2D eigenvalue weighted by molar-refractivity contribution is 0.1000. The standard InChI is InChI=1S/C23H29F2N7O4/c1-2-17(29-23(34)35)18(12-3-4-12)30-21-15(24)10-14(19(26)33)20(31-21)28-13-9-16(25)22(27-11-13)32-5-7-36-8-6-32/h9-12,17-18,29H,2-8H2,1H3,(H2,26,33)(H,34,35)(H2,28,30,31)/t17-,18-/m0/s1. The van der Waals surface area contributed by atoms with Crippen LogP contribution >= 0.6 is 0 Å². The molecule has 2 aliphatic rings. The number of anilines is 4. The molecule has 0 bridgehead atoms. The zero-order valence-electron chi connectivity index (χ0n) is 19.8. The van der Waals surface area contributed by atoms with Crippen LogP contribution in [-0.2, 0) is 4.74 Å². The molecule has 36 heavy (non-hydrogen) atoms. The molecule has 2 amide bonds.